The van der Waals surface area contributed by atoms with E-state index in [9.17, 15) is 4.21 Å². The molecule has 0 saturated carbocycles. The van der Waals surface area contributed by atoms with Crippen molar-refractivity contribution in [2.24, 2.45) is 0 Å². The molecule has 0 aromatic carbocycles. The first-order chi connectivity index (χ1) is 1.73. The molecule has 0 bridgehead atoms. The van der Waals surface area contributed by atoms with Crippen LogP contribution in [0, 0.1) is 0 Å². The molecule has 0 fully saturated rings. The van der Waals surface area contributed by atoms with Crippen LogP contribution >= 0.6 is 0 Å². The minimum atomic E-state index is -0.611. The van der Waals surface area contributed by atoms with Crippen molar-refractivity contribution in [1.29, 1.82) is 0 Å². The molecule has 0 amide bonds. The van der Waals surface area contributed by atoms with Gasteiger partial charge in [0.2, 0.25) is 0 Å². The highest BCUT2D eigenvalue weighted by molar-refractivity contribution is 7.83. The summed E-state index contributed by atoms with van der Waals surface area (Å²) in [4.78, 5) is 0. The van der Waals surface area contributed by atoms with Gasteiger partial charge in [-0.3, -0.25) is 4.21 Å². The predicted octanol–water partition coefficient (Wildman–Crippen LogP) is 0.241. The van der Waals surface area contributed by atoms with Crippen LogP contribution in [-0.4, -0.2) is 16.7 Å². The maximum Gasteiger partial charge on any atom is 0.0148 e. The second-order valence-corrected chi connectivity index (χ2v) is 2.22. The van der Waals surface area contributed by atoms with Crippen LogP contribution in [0.25, 0.3) is 0 Å². The maximum absolute atomic E-state index is 9.56. The van der Waals surface area contributed by atoms with Crippen LogP contribution in [0.15, 0.2) is 0 Å². The zero-order valence-corrected chi connectivity index (χ0v) is 3.63. The van der Waals surface area contributed by atoms with E-state index < -0.39 is 10.8 Å². The molecule has 0 unspecified atom stereocenters. The molecule has 0 aliphatic rings. The predicted molar refractivity (Wildman–Crippen MR) is 22.1 cm³/mol. The average Bonchev–Trinajstić information content (AvgIpc) is 0.811. The van der Waals surface area contributed by atoms with Gasteiger partial charge in [-0.05, 0) is 0 Å². The lowest BCUT2D eigenvalue weighted by atomic mass is 11.9. The van der Waals surface area contributed by atoms with Crippen molar-refractivity contribution in [3.63, 3.8) is 0 Å². The summed E-state index contributed by atoms with van der Waals surface area (Å²) in [7, 11) is -0.611. The Morgan fingerprint density at radius 3 is 1.75 bits per heavy atom. The summed E-state index contributed by atoms with van der Waals surface area (Å²) >= 11 is 0. The quantitative estimate of drug-likeness (QED) is 0.408. The number of rotatable bonds is 0. The molecular weight excluding hydrogens is 72.1 g/mol. The molecule has 0 aliphatic heterocycles. The van der Waals surface area contributed by atoms with Crippen molar-refractivity contribution in [1.82, 2.24) is 0 Å². The second-order valence-electron chi connectivity index (χ2n) is 0.742. The SMILES string of the molecule is CS(C)=O.[2HH]. The Morgan fingerprint density at radius 1 is 1.75 bits per heavy atom. The van der Waals surface area contributed by atoms with E-state index in [1.54, 1.807) is 12.5 Å². The molecule has 0 aromatic rings. The molecule has 0 heterocycles. The third-order valence-electron chi connectivity index (χ3n) is 0. The number of hydrogen-bond donors (Lipinski definition) is 0. The highest BCUT2D eigenvalue weighted by Crippen LogP contribution is 1.47. The summed E-state index contributed by atoms with van der Waals surface area (Å²) in [5.41, 5.74) is 0. The smallest absolute Gasteiger partial charge is 0.0148 e. The monoisotopic (exact) mass is 81.0 g/mol. The highest BCUT2D eigenvalue weighted by Gasteiger charge is 1.57. The summed E-state index contributed by atoms with van der Waals surface area (Å²) < 4.78 is 9.56. The van der Waals surface area contributed by atoms with E-state index in [1.165, 1.54) is 0 Å². The summed E-state index contributed by atoms with van der Waals surface area (Å²) in [6.45, 7) is 0. The standard InChI is InChI=1S/C2H6OS.H2/c1-4(2)3;/h1-2H3;1H/i;1+1. The van der Waals surface area contributed by atoms with Gasteiger partial charge in [0.15, 0.2) is 0 Å². The van der Waals surface area contributed by atoms with Gasteiger partial charge in [-0.25, -0.2) is 0 Å². The van der Waals surface area contributed by atoms with Crippen LogP contribution in [0.2, 0.25) is 0 Å². The molecule has 0 atom stereocenters. The topological polar surface area (TPSA) is 17.1 Å². The fourth-order valence-corrected chi connectivity index (χ4v) is 0. The van der Waals surface area contributed by atoms with Gasteiger partial charge >= 0.3 is 0 Å². The molecule has 1 nitrogen and oxygen atoms in total. The first-order valence-corrected chi connectivity index (χ1v) is 2.95. The van der Waals surface area contributed by atoms with Crippen molar-refractivity contribution in [3.8, 4) is 0 Å². The van der Waals surface area contributed by atoms with Crippen LogP contribution in [0.4, 0.5) is 0 Å². The fourth-order valence-electron chi connectivity index (χ4n) is 0. The lowest BCUT2D eigenvalue weighted by molar-refractivity contribution is 0.690. The van der Waals surface area contributed by atoms with Gasteiger partial charge in [-0.2, -0.15) is 0 Å². The fraction of sp³-hybridized carbons (Fsp3) is 1.00. The summed E-state index contributed by atoms with van der Waals surface area (Å²) in [6.07, 6.45) is 3.28. The van der Waals surface area contributed by atoms with Crippen LogP contribution in [-0.2, 0) is 10.8 Å². The van der Waals surface area contributed by atoms with Crippen LogP contribution in [0.3, 0.4) is 0 Å². The lowest BCUT2D eigenvalue weighted by Crippen LogP contribution is -1.70. The van der Waals surface area contributed by atoms with E-state index in [-0.39, 0.29) is 1.43 Å². The van der Waals surface area contributed by atoms with Crippen LogP contribution < -0.4 is 0 Å². The van der Waals surface area contributed by atoms with Gasteiger partial charge in [0.1, 0.15) is 0 Å². The van der Waals surface area contributed by atoms with Crippen LogP contribution in [0.5, 0.6) is 0 Å². The Kier molecular flexibility index (Phi) is 1.52. The zero-order chi connectivity index (χ0) is 3.58. The van der Waals surface area contributed by atoms with Crippen molar-refractivity contribution < 1.29 is 5.64 Å². The van der Waals surface area contributed by atoms with E-state index >= 15 is 0 Å². The molecule has 0 aliphatic carbocycles. The van der Waals surface area contributed by atoms with Gasteiger partial charge in [0.05, 0.1) is 0 Å². The molecule has 0 saturated heterocycles. The average molecular weight is 81.2 g/mol. The lowest BCUT2D eigenvalue weighted by Gasteiger charge is -1.60. The minimum absolute atomic E-state index is 0. The van der Waals surface area contributed by atoms with Crippen molar-refractivity contribution in [3.05, 3.63) is 0 Å². The van der Waals surface area contributed by atoms with Gasteiger partial charge < -0.3 is 0 Å². The van der Waals surface area contributed by atoms with E-state index in [0.717, 1.165) is 0 Å². The van der Waals surface area contributed by atoms with Gasteiger partial charge in [-0.1, -0.05) is 0 Å². The molecule has 28 valence electrons. The van der Waals surface area contributed by atoms with E-state index in [2.05, 4.69) is 0 Å². The van der Waals surface area contributed by atoms with E-state index in [0.29, 0.717) is 0 Å². The first kappa shape index (κ1) is 4.15. The summed E-state index contributed by atoms with van der Waals surface area (Å²) in [5.74, 6) is 0. The largest absolute Gasteiger partial charge is 0.260 e. The zero-order valence-electron chi connectivity index (χ0n) is 2.82. The summed E-state index contributed by atoms with van der Waals surface area (Å²) in [6, 6.07) is 0. The molecule has 2 heteroatoms. The maximum atomic E-state index is 9.56. The molecule has 4 heavy (non-hydrogen) atoms. The van der Waals surface area contributed by atoms with Crippen molar-refractivity contribution >= 4 is 10.8 Å². The normalized spacial score (nSPS) is 8.75. The Labute approximate surface area is 30.0 Å². The van der Waals surface area contributed by atoms with Crippen LogP contribution in [0.1, 0.15) is 1.43 Å². The molecular formula is C2H8OS. The molecule has 0 radical (unpaired) electrons. The molecule has 0 rings (SSSR count). The Hall–Kier alpha value is 0.150. The second kappa shape index (κ2) is 1.47. The third-order valence-corrected chi connectivity index (χ3v) is 0. The van der Waals surface area contributed by atoms with E-state index in [1.807, 2.05) is 0 Å². The van der Waals surface area contributed by atoms with Gasteiger partial charge in [-0.15, -0.1) is 0 Å². The molecule has 0 spiro atoms. The first-order valence-electron chi connectivity index (χ1n) is 0.983. The summed E-state index contributed by atoms with van der Waals surface area (Å²) in [5, 5.41) is 0. The van der Waals surface area contributed by atoms with Gasteiger partial charge in [0.25, 0.3) is 0 Å². The minimum Gasteiger partial charge on any atom is -0.260 e. The Balaban J connectivity index is 0. The Bertz CT molecular complexity index is 32.6. The Morgan fingerprint density at radius 2 is 1.75 bits per heavy atom. The molecule has 0 N–H and O–H groups in total. The third kappa shape index (κ3) is 126. The van der Waals surface area contributed by atoms with E-state index in [4.69, 9.17) is 0 Å². The number of hydrogen-bond acceptors (Lipinski definition) is 1. The molecule has 0 aromatic heterocycles. The van der Waals surface area contributed by atoms with Crippen molar-refractivity contribution in [2.45, 2.75) is 0 Å². The van der Waals surface area contributed by atoms with Gasteiger partial charge in [0, 0.05) is 24.7 Å². The van der Waals surface area contributed by atoms with Crippen molar-refractivity contribution in [2.75, 3.05) is 12.5 Å². The highest BCUT2D eigenvalue weighted by atomic mass is 32.2.